The zero-order chi connectivity index (χ0) is 49.2. The van der Waals surface area contributed by atoms with Gasteiger partial charge in [-0.2, -0.15) is 0 Å². The number of rotatable bonds is 54. The summed E-state index contributed by atoms with van der Waals surface area (Å²) < 4.78 is 23.6. The average Bonchev–Trinajstić information content (AvgIpc) is 3.29. The van der Waals surface area contributed by atoms with E-state index in [1.807, 2.05) is 27.2 Å². The lowest BCUT2D eigenvalue weighted by Crippen LogP contribution is -2.45. The summed E-state index contributed by atoms with van der Waals surface area (Å²) in [5.74, 6) is -0.184. The summed E-state index contributed by atoms with van der Waals surface area (Å²) in [6.45, 7) is 4.83. The molecule has 3 unspecified atom stereocenters. The maximum absolute atomic E-state index is 12.9. The maximum atomic E-state index is 12.9. The molecule has 0 aromatic carbocycles. The van der Waals surface area contributed by atoms with Crippen molar-refractivity contribution in [1.29, 1.82) is 0 Å². The molecule has 0 aliphatic heterocycles. The monoisotopic (exact) mass is 968 g/mol. The highest BCUT2D eigenvalue weighted by molar-refractivity contribution is 7.47. The third-order valence-corrected chi connectivity index (χ3v) is 14.4. The Morgan fingerprint density at radius 3 is 1.19 bits per heavy atom. The van der Waals surface area contributed by atoms with Crippen molar-refractivity contribution >= 4 is 13.7 Å². The second-order valence-corrected chi connectivity index (χ2v) is 22.8. The number of hydrogen-bond donors (Lipinski definition) is 3. The lowest BCUT2D eigenvalue weighted by molar-refractivity contribution is -0.870. The van der Waals surface area contributed by atoms with E-state index in [0.717, 1.165) is 38.5 Å². The maximum Gasteiger partial charge on any atom is 0.472 e. The predicted molar refractivity (Wildman–Crippen MR) is 291 cm³/mol. The predicted octanol–water partition coefficient (Wildman–Crippen LogP) is 17.6. The fraction of sp³-hybridized carbons (Fsp3) is 0.914. The first-order valence-electron chi connectivity index (χ1n) is 29.2. The van der Waals surface area contributed by atoms with Gasteiger partial charge < -0.3 is 19.8 Å². The number of aliphatic hydroxyl groups excluding tert-OH is 1. The highest BCUT2D eigenvalue weighted by Gasteiger charge is 2.27. The van der Waals surface area contributed by atoms with Crippen LogP contribution in [0.1, 0.15) is 290 Å². The van der Waals surface area contributed by atoms with Crippen molar-refractivity contribution < 1.29 is 32.9 Å². The fourth-order valence-electron chi connectivity index (χ4n) is 8.83. The van der Waals surface area contributed by atoms with Gasteiger partial charge in [0.1, 0.15) is 13.2 Å². The van der Waals surface area contributed by atoms with E-state index >= 15 is 0 Å². The largest absolute Gasteiger partial charge is 0.472 e. The van der Waals surface area contributed by atoms with Crippen LogP contribution in [0.25, 0.3) is 0 Å². The van der Waals surface area contributed by atoms with Gasteiger partial charge in [-0.25, -0.2) is 4.57 Å². The molecular formula is C58H116N2O6P+. The van der Waals surface area contributed by atoms with Crippen molar-refractivity contribution in [3.8, 4) is 0 Å². The van der Waals surface area contributed by atoms with Gasteiger partial charge in [0.2, 0.25) is 5.91 Å². The summed E-state index contributed by atoms with van der Waals surface area (Å²) in [6.07, 6.45) is 63.1. The van der Waals surface area contributed by atoms with Crippen LogP contribution in [-0.4, -0.2) is 73.4 Å². The van der Waals surface area contributed by atoms with Crippen molar-refractivity contribution in [3.63, 3.8) is 0 Å². The third kappa shape index (κ3) is 52.6. The van der Waals surface area contributed by atoms with Gasteiger partial charge in [-0.15, -0.1) is 0 Å². The standard InChI is InChI=1S/C58H115N2O6P/c1-6-8-10-12-14-16-18-20-21-22-23-24-25-26-27-28-29-30-31-32-33-34-35-36-37-38-40-41-43-45-47-49-51-57(61)56(55-66-67(63,64)65-54-53-60(3,4)5)59-58(62)52-50-48-46-44-42-39-19-17-15-13-11-9-7-2/h41,43,49,51,56-57,61H,6-40,42,44-48,50,52-55H2,1-5H3,(H-,59,62,63,64)/p+1/b43-41+,51-49+. The SMILES string of the molecule is CCCCCCCCCCCCCCCCCCCCCCCCCCCC/C=C/CC/C=C/C(O)C(COP(=O)(O)OCC[N+](C)(C)C)NC(=O)CCCCCCCCCCCCCCC. The van der Waals surface area contributed by atoms with E-state index in [9.17, 15) is 19.4 Å². The molecule has 0 aromatic heterocycles. The van der Waals surface area contributed by atoms with E-state index in [-0.39, 0.29) is 19.1 Å². The summed E-state index contributed by atoms with van der Waals surface area (Å²) in [6, 6.07) is -0.859. The number of allylic oxidation sites excluding steroid dienone is 3. The Morgan fingerprint density at radius 2 is 0.821 bits per heavy atom. The van der Waals surface area contributed by atoms with Gasteiger partial charge in [-0.3, -0.25) is 13.8 Å². The van der Waals surface area contributed by atoms with Crippen LogP contribution < -0.4 is 5.32 Å². The number of likely N-dealkylation sites (N-methyl/N-ethyl adjacent to an activating group) is 1. The van der Waals surface area contributed by atoms with E-state index in [1.54, 1.807) is 6.08 Å². The van der Waals surface area contributed by atoms with Crippen molar-refractivity contribution in [2.24, 2.45) is 0 Å². The Morgan fingerprint density at radius 1 is 0.493 bits per heavy atom. The number of nitrogens with zero attached hydrogens (tertiary/aromatic N) is 1. The van der Waals surface area contributed by atoms with Crippen molar-refractivity contribution in [3.05, 3.63) is 24.3 Å². The molecular weight excluding hydrogens is 852 g/mol. The first kappa shape index (κ1) is 66.0. The highest BCUT2D eigenvalue weighted by Crippen LogP contribution is 2.43. The van der Waals surface area contributed by atoms with E-state index < -0.39 is 20.0 Å². The van der Waals surface area contributed by atoms with Crippen molar-refractivity contribution in [1.82, 2.24) is 5.32 Å². The van der Waals surface area contributed by atoms with Crippen LogP contribution in [0.2, 0.25) is 0 Å². The molecule has 1 amide bonds. The van der Waals surface area contributed by atoms with Gasteiger partial charge in [0.25, 0.3) is 0 Å². The van der Waals surface area contributed by atoms with Gasteiger partial charge in [0.15, 0.2) is 0 Å². The topological polar surface area (TPSA) is 105 Å². The third-order valence-electron chi connectivity index (χ3n) is 13.4. The number of phosphoric ester groups is 1. The molecule has 0 fully saturated rings. The van der Waals surface area contributed by atoms with Gasteiger partial charge in [-0.1, -0.05) is 276 Å². The van der Waals surface area contributed by atoms with E-state index in [1.165, 1.54) is 231 Å². The van der Waals surface area contributed by atoms with Crippen LogP contribution in [0.3, 0.4) is 0 Å². The lowest BCUT2D eigenvalue weighted by atomic mass is 10.0. The molecule has 9 heteroatoms. The minimum Gasteiger partial charge on any atom is -0.387 e. The number of amides is 1. The molecule has 0 aliphatic carbocycles. The second kappa shape index (κ2) is 49.9. The van der Waals surface area contributed by atoms with Crippen molar-refractivity contribution in [2.75, 3.05) is 40.9 Å². The molecule has 67 heavy (non-hydrogen) atoms. The van der Waals surface area contributed by atoms with Crippen LogP contribution in [0.5, 0.6) is 0 Å². The number of nitrogens with one attached hydrogen (secondary N) is 1. The summed E-state index contributed by atoms with van der Waals surface area (Å²) >= 11 is 0. The smallest absolute Gasteiger partial charge is 0.387 e. The molecule has 0 bridgehead atoms. The Balaban J connectivity index is 4.08. The molecule has 0 rings (SSSR count). The molecule has 0 aliphatic rings. The Kier molecular flexibility index (Phi) is 49.2. The quantitative estimate of drug-likeness (QED) is 0.0243. The molecule has 0 saturated heterocycles. The van der Waals surface area contributed by atoms with Crippen LogP contribution in [0.4, 0.5) is 0 Å². The van der Waals surface area contributed by atoms with Crippen molar-refractivity contribution in [2.45, 2.75) is 302 Å². The molecule has 3 N–H and O–H groups in total. The number of carbonyl (C=O) groups excluding carboxylic acids is 1. The molecule has 0 spiro atoms. The molecule has 0 saturated carbocycles. The van der Waals surface area contributed by atoms with Crippen LogP contribution in [0, 0.1) is 0 Å². The number of aliphatic hydroxyl groups is 1. The van der Waals surface area contributed by atoms with E-state index in [4.69, 9.17) is 9.05 Å². The number of carbonyl (C=O) groups is 1. The van der Waals surface area contributed by atoms with Crippen LogP contribution in [0.15, 0.2) is 24.3 Å². The summed E-state index contributed by atoms with van der Waals surface area (Å²) in [5, 5.41) is 13.9. The first-order chi connectivity index (χ1) is 32.5. The molecule has 0 heterocycles. The average molecular weight is 969 g/mol. The molecule has 398 valence electrons. The number of hydrogen-bond acceptors (Lipinski definition) is 5. The minimum atomic E-state index is -4.35. The van der Waals surface area contributed by atoms with Gasteiger partial charge in [0, 0.05) is 6.42 Å². The number of unbranched alkanes of at least 4 members (excludes halogenated alkanes) is 39. The second-order valence-electron chi connectivity index (χ2n) is 21.4. The lowest BCUT2D eigenvalue weighted by Gasteiger charge is -2.25. The minimum absolute atomic E-state index is 0.0586. The first-order valence-corrected chi connectivity index (χ1v) is 30.7. The number of quaternary nitrogens is 1. The Hall–Kier alpha value is -1.02. The van der Waals surface area contributed by atoms with Gasteiger partial charge in [0.05, 0.1) is 39.9 Å². The zero-order valence-electron chi connectivity index (χ0n) is 45.4. The fourth-order valence-corrected chi connectivity index (χ4v) is 9.56. The Labute approximate surface area is 417 Å². The van der Waals surface area contributed by atoms with E-state index in [2.05, 4.69) is 31.3 Å². The molecule has 0 radical (unpaired) electrons. The molecule has 3 atom stereocenters. The number of phosphoric acid groups is 1. The van der Waals surface area contributed by atoms with Crippen LogP contribution in [-0.2, 0) is 18.4 Å². The normalized spacial score (nSPS) is 14.1. The molecule has 8 nitrogen and oxygen atoms in total. The van der Waals surface area contributed by atoms with E-state index in [0.29, 0.717) is 17.4 Å². The Bertz CT molecular complexity index is 1140. The molecule has 0 aromatic rings. The summed E-state index contributed by atoms with van der Waals surface area (Å²) in [5.41, 5.74) is 0. The van der Waals surface area contributed by atoms with Gasteiger partial charge >= 0.3 is 7.82 Å². The zero-order valence-corrected chi connectivity index (χ0v) is 46.3. The summed E-state index contributed by atoms with van der Waals surface area (Å²) in [7, 11) is 1.57. The summed E-state index contributed by atoms with van der Waals surface area (Å²) in [4.78, 5) is 23.2. The highest BCUT2D eigenvalue weighted by atomic mass is 31.2. The van der Waals surface area contributed by atoms with Gasteiger partial charge in [-0.05, 0) is 32.1 Å². The van der Waals surface area contributed by atoms with Crippen LogP contribution >= 0.6 is 7.82 Å².